The fourth-order valence-electron chi connectivity index (χ4n) is 1.94. The number of rotatable bonds is 1. The number of aromatic nitrogens is 1. The van der Waals surface area contributed by atoms with Gasteiger partial charge in [0.1, 0.15) is 0 Å². The summed E-state index contributed by atoms with van der Waals surface area (Å²) in [6.45, 7) is 1.43. The molecule has 0 fully saturated rings. The summed E-state index contributed by atoms with van der Waals surface area (Å²) in [7, 11) is 0. The van der Waals surface area contributed by atoms with E-state index in [9.17, 15) is 4.79 Å². The summed E-state index contributed by atoms with van der Waals surface area (Å²) in [4.78, 5) is 15.3. The van der Waals surface area contributed by atoms with Gasteiger partial charge in [-0.3, -0.25) is 9.78 Å². The third-order valence-corrected chi connectivity index (χ3v) is 2.73. The van der Waals surface area contributed by atoms with Crippen molar-refractivity contribution in [3.63, 3.8) is 0 Å². The zero-order valence-electron chi connectivity index (χ0n) is 10.6. The van der Waals surface area contributed by atoms with Crippen molar-refractivity contribution >= 4 is 11.6 Å². The highest BCUT2D eigenvalue weighted by Gasteiger charge is 2.17. The van der Waals surface area contributed by atoms with Crippen molar-refractivity contribution < 1.29 is 4.79 Å². The largest absolute Gasteiger partial charge is 0.326 e. The first-order valence-electron chi connectivity index (χ1n) is 5.88. The Morgan fingerprint density at radius 1 is 1.32 bits per heavy atom. The molecule has 19 heavy (non-hydrogen) atoms. The molecule has 0 saturated heterocycles. The van der Waals surface area contributed by atoms with Gasteiger partial charge in [0.2, 0.25) is 5.91 Å². The quantitative estimate of drug-likeness (QED) is 0.847. The van der Waals surface area contributed by atoms with Crippen molar-refractivity contribution in [2.24, 2.45) is 0 Å². The molecule has 94 valence electrons. The SMILES string of the molecule is CC#N.O=C1Cc2cc(-c3cccnc3)ccc2N1. The van der Waals surface area contributed by atoms with Crippen LogP contribution in [0.3, 0.4) is 0 Å². The number of nitrogens with one attached hydrogen (secondary N) is 1. The van der Waals surface area contributed by atoms with E-state index < -0.39 is 0 Å². The molecule has 2 heterocycles. The maximum atomic E-state index is 11.2. The number of hydrogen-bond donors (Lipinski definition) is 1. The van der Waals surface area contributed by atoms with Crippen LogP contribution >= 0.6 is 0 Å². The molecule has 1 N–H and O–H groups in total. The Balaban J connectivity index is 0.000000408. The molecule has 1 amide bonds. The summed E-state index contributed by atoms with van der Waals surface area (Å²) in [6, 6.07) is 11.7. The van der Waals surface area contributed by atoms with Crippen LogP contribution in [0.5, 0.6) is 0 Å². The van der Waals surface area contributed by atoms with Crippen molar-refractivity contribution in [3.8, 4) is 17.2 Å². The van der Waals surface area contributed by atoms with Gasteiger partial charge in [-0.1, -0.05) is 12.1 Å². The summed E-state index contributed by atoms with van der Waals surface area (Å²) in [5.41, 5.74) is 4.16. The number of pyridine rings is 1. The highest BCUT2D eigenvalue weighted by atomic mass is 16.1. The number of hydrogen-bond acceptors (Lipinski definition) is 3. The van der Waals surface area contributed by atoms with Gasteiger partial charge in [0.05, 0.1) is 12.5 Å². The second kappa shape index (κ2) is 5.78. The van der Waals surface area contributed by atoms with Crippen LogP contribution in [-0.4, -0.2) is 10.9 Å². The monoisotopic (exact) mass is 251 g/mol. The van der Waals surface area contributed by atoms with Gasteiger partial charge in [-0.2, -0.15) is 5.26 Å². The summed E-state index contributed by atoms with van der Waals surface area (Å²) in [6.07, 6.45) is 4.05. The van der Waals surface area contributed by atoms with Crippen molar-refractivity contribution in [3.05, 3.63) is 48.3 Å². The van der Waals surface area contributed by atoms with Gasteiger partial charge in [0, 0.05) is 25.0 Å². The van der Waals surface area contributed by atoms with E-state index in [-0.39, 0.29) is 5.91 Å². The minimum absolute atomic E-state index is 0.0679. The van der Waals surface area contributed by atoms with E-state index in [1.165, 1.54) is 6.92 Å². The fraction of sp³-hybridized carbons (Fsp3) is 0.133. The summed E-state index contributed by atoms with van der Waals surface area (Å²) in [5.74, 6) is 0.0679. The molecule has 0 atom stereocenters. The molecule has 3 rings (SSSR count). The second-order valence-electron chi connectivity index (χ2n) is 4.06. The van der Waals surface area contributed by atoms with Gasteiger partial charge < -0.3 is 5.32 Å². The predicted octanol–water partition coefficient (Wildman–Crippen LogP) is 2.77. The van der Waals surface area contributed by atoms with E-state index in [1.807, 2.05) is 36.5 Å². The van der Waals surface area contributed by atoms with Gasteiger partial charge >= 0.3 is 0 Å². The molecule has 4 nitrogen and oxygen atoms in total. The van der Waals surface area contributed by atoms with E-state index in [4.69, 9.17) is 5.26 Å². The number of fused-ring (bicyclic) bond motifs is 1. The molecule has 0 bridgehead atoms. The lowest BCUT2D eigenvalue weighted by Crippen LogP contribution is -2.03. The topological polar surface area (TPSA) is 65.8 Å². The molecule has 1 aliphatic rings. The Morgan fingerprint density at radius 2 is 2.11 bits per heavy atom. The molecule has 0 saturated carbocycles. The van der Waals surface area contributed by atoms with E-state index in [0.717, 1.165) is 22.4 Å². The number of anilines is 1. The van der Waals surface area contributed by atoms with Crippen LogP contribution in [0, 0.1) is 11.3 Å². The minimum Gasteiger partial charge on any atom is -0.326 e. The zero-order chi connectivity index (χ0) is 13.7. The smallest absolute Gasteiger partial charge is 0.228 e. The Bertz CT molecular complexity index is 630. The maximum absolute atomic E-state index is 11.2. The van der Waals surface area contributed by atoms with Crippen molar-refractivity contribution in [1.29, 1.82) is 5.26 Å². The fourth-order valence-corrected chi connectivity index (χ4v) is 1.94. The Morgan fingerprint density at radius 3 is 2.79 bits per heavy atom. The summed E-state index contributed by atoms with van der Waals surface area (Å²) >= 11 is 0. The number of nitriles is 1. The molecule has 2 aromatic rings. The molecule has 0 radical (unpaired) electrons. The number of carbonyl (C=O) groups excluding carboxylic acids is 1. The second-order valence-corrected chi connectivity index (χ2v) is 4.06. The normalized spacial score (nSPS) is 11.7. The number of benzene rings is 1. The average molecular weight is 251 g/mol. The van der Waals surface area contributed by atoms with Crippen molar-refractivity contribution in [2.45, 2.75) is 13.3 Å². The van der Waals surface area contributed by atoms with Gasteiger partial charge in [-0.25, -0.2) is 0 Å². The van der Waals surface area contributed by atoms with Gasteiger partial charge in [-0.15, -0.1) is 0 Å². The molecule has 1 aliphatic heterocycles. The van der Waals surface area contributed by atoms with Gasteiger partial charge in [-0.05, 0) is 34.9 Å². The molecule has 1 aromatic carbocycles. The van der Waals surface area contributed by atoms with Crippen LogP contribution in [0.4, 0.5) is 5.69 Å². The lowest BCUT2D eigenvalue weighted by molar-refractivity contribution is -0.115. The van der Waals surface area contributed by atoms with Crippen LogP contribution in [0.25, 0.3) is 11.1 Å². The lowest BCUT2D eigenvalue weighted by Gasteiger charge is -2.03. The Hall–Kier alpha value is -2.67. The molecular formula is C15H13N3O. The van der Waals surface area contributed by atoms with Crippen molar-refractivity contribution in [1.82, 2.24) is 4.98 Å². The lowest BCUT2D eigenvalue weighted by atomic mass is 10.0. The number of carbonyl (C=O) groups is 1. The highest BCUT2D eigenvalue weighted by molar-refractivity contribution is 5.99. The molecule has 0 unspecified atom stereocenters. The number of nitrogens with zero attached hydrogens (tertiary/aromatic N) is 2. The molecule has 0 spiro atoms. The first-order chi connectivity index (χ1) is 9.24. The van der Waals surface area contributed by atoms with Crippen molar-refractivity contribution in [2.75, 3.05) is 5.32 Å². The summed E-state index contributed by atoms with van der Waals surface area (Å²) < 4.78 is 0. The molecular weight excluding hydrogens is 238 g/mol. The molecule has 0 aliphatic carbocycles. The standard InChI is InChI=1S/C13H10N2O.C2H3N/c16-13-7-11-6-9(3-4-12(11)15-13)10-2-1-5-14-8-10;1-2-3/h1-6,8H,7H2,(H,15,16);1H3. The van der Waals surface area contributed by atoms with E-state index in [1.54, 1.807) is 12.3 Å². The van der Waals surface area contributed by atoms with E-state index in [2.05, 4.69) is 10.3 Å². The molecule has 1 aromatic heterocycles. The maximum Gasteiger partial charge on any atom is 0.228 e. The average Bonchev–Trinajstić information content (AvgIpc) is 2.79. The van der Waals surface area contributed by atoms with E-state index in [0.29, 0.717) is 6.42 Å². The molecule has 4 heteroatoms. The minimum atomic E-state index is 0.0679. The van der Waals surface area contributed by atoms with Gasteiger partial charge in [0.25, 0.3) is 0 Å². The zero-order valence-corrected chi connectivity index (χ0v) is 10.6. The van der Waals surface area contributed by atoms with Crippen LogP contribution in [0.1, 0.15) is 12.5 Å². The van der Waals surface area contributed by atoms with Gasteiger partial charge in [0.15, 0.2) is 0 Å². The first kappa shape index (κ1) is 12.8. The van der Waals surface area contributed by atoms with Crippen LogP contribution < -0.4 is 5.32 Å². The third-order valence-electron chi connectivity index (χ3n) is 2.73. The van der Waals surface area contributed by atoms with Crippen LogP contribution in [-0.2, 0) is 11.2 Å². The Labute approximate surface area is 111 Å². The summed E-state index contributed by atoms with van der Waals surface area (Å²) in [5, 5.41) is 10.1. The van der Waals surface area contributed by atoms with E-state index >= 15 is 0 Å². The number of amides is 1. The van der Waals surface area contributed by atoms with Crippen LogP contribution in [0.15, 0.2) is 42.7 Å². The van der Waals surface area contributed by atoms with Crippen LogP contribution in [0.2, 0.25) is 0 Å². The highest BCUT2D eigenvalue weighted by Crippen LogP contribution is 2.28. The third kappa shape index (κ3) is 2.96. The first-order valence-corrected chi connectivity index (χ1v) is 5.88. The Kier molecular flexibility index (Phi) is 3.89. The predicted molar refractivity (Wildman–Crippen MR) is 73.3 cm³/mol.